The maximum Gasteiger partial charge on any atom is 0.253 e. The number of furan rings is 1. The highest BCUT2D eigenvalue weighted by atomic mass is 16.3. The van der Waals surface area contributed by atoms with Crippen LogP contribution in [0.2, 0.25) is 0 Å². The number of nitrogens with one attached hydrogen (secondary N) is 1. The molecule has 1 atom stereocenters. The van der Waals surface area contributed by atoms with Crippen LogP contribution < -0.4 is 5.32 Å². The quantitative estimate of drug-likeness (QED) is 0.521. The van der Waals surface area contributed by atoms with Crippen LogP contribution in [0.5, 0.6) is 0 Å². The molecule has 31 heavy (non-hydrogen) atoms. The molecule has 4 aromatic rings. The lowest BCUT2D eigenvalue weighted by Gasteiger charge is -2.15. The molecule has 0 saturated carbocycles. The van der Waals surface area contributed by atoms with E-state index in [2.05, 4.69) is 44.7 Å². The van der Waals surface area contributed by atoms with Crippen molar-refractivity contribution in [2.75, 3.05) is 13.1 Å². The Kier molecular flexibility index (Phi) is 5.26. The number of hydrogen-bond acceptors (Lipinski definition) is 5. The monoisotopic (exact) mass is 415 g/mol. The van der Waals surface area contributed by atoms with Crippen molar-refractivity contribution in [3.8, 4) is 0 Å². The molecule has 0 aliphatic carbocycles. The van der Waals surface area contributed by atoms with Crippen LogP contribution in [0.3, 0.4) is 0 Å². The first-order valence-electron chi connectivity index (χ1n) is 10.6. The zero-order valence-corrected chi connectivity index (χ0v) is 17.5. The average molecular weight is 415 g/mol. The van der Waals surface area contributed by atoms with E-state index >= 15 is 0 Å². The summed E-state index contributed by atoms with van der Waals surface area (Å²) in [7, 11) is 0. The molecular formula is C24H25N5O2. The minimum Gasteiger partial charge on any atom is -0.465 e. The highest BCUT2D eigenvalue weighted by Crippen LogP contribution is 2.27. The summed E-state index contributed by atoms with van der Waals surface area (Å²) >= 11 is 0. The molecule has 1 aromatic carbocycles. The summed E-state index contributed by atoms with van der Waals surface area (Å²) in [5, 5.41) is 11.7. The van der Waals surface area contributed by atoms with Crippen molar-refractivity contribution in [1.29, 1.82) is 0 Å². The number of benzene rings is 1. The second-order valence-corrected chi connectivity index (χ2v) is 8.11. The summed E-state index contributed by atoms with van der Waals surface area (Å²) < 4.78 is 7.48. The lowest BCUT2D eigenvalue weighted by molar-refractivity contribution is 0.0947. The van der Waals surface area contributed by atoms with Gasteiger partial charge >= 0.3 is 0 Å². The first-order chi connectivity index (χ1) is 15.2. The molecule has 4 heterocycles. The summed E-state index contributed by atoms with van der Waals surface area (Å²) in [6.07, 6.45) is 2.87. The topological polar surface area (TPSA) is 75.7 Å². The standard InChI is InChI=1S/C24H25N5O2/c1-17-7-9-21(31-17)13-25-24(30)20-8-10-22-26-27-23(29(22)16-20)19-11-12-28(15-19)14-18-5-3-2-4-6-18/h2-10,16,19H,11-15H2,1H3,(H,25,30). The van der Waals surface area contributed by atoms with E-state index in [0.29, 0.717) is 18.0 Å². The van der Waals surface area contributed by atoms with Crippen molar-refractivity contribution < 1.29 is 9.21 Å². The van der Waals surface area contributed by atoms with Gasteiger partial charge < -0.3 is 9.73 Å². The molecule has 7 heteroatoms. The van der Waals surface area contributed by atoms with E-state index < -0.39 is 0 Å². The van der Waals surface area contributed by atoms with Crippen molar-refractivity contribution in [1.82, 2.24) is 24.8 Å². The van der Waals surface area contributed by atoms with Crippen LogP contribution in [0.1, 0.15) is 45.6 Å². The van der Waals surface area contributed by atoms with E-state index in [1.165, 1.54) is 5.56 Å². The number of amides is 1. The number of rotatable bonds is 6. The van der Waals surface area contributed by atoms with E-state index in [-0.39, 0.29) is 5.91 Å². The first-order valence-corrected chi connectivity index (χ1v) is 10.6. The minimum atomic E-state index is -0.146. The van der Waals surface area contributed by atoms with Gasteiger partial charge in [-0.05, 0) is 49.7 Å². The zero-order chi connectivity index (χ0) is 21.2. The van der Waals surface area contributed by atoms with E-state index in [4.69, 9.17) is 4.42 Å². The molecule has 5 rings (SSSR count). The molecule has 1 fully saturated rings. The molecule has 1 amide bonds. The molecule has 1 unspecified atom stereocenters. The third-order valence-corrected chi connectivity index (χ3v) is 5.80. The predicted octanol–water partition coefficient (Wildman–Crippen LogP) is 3.55. The van der Waals surface area contributed by atoms with Gasteiger partial charge in [-0.15, -0.1) is 10.2 Å². The molecule has 1 aliphatic heterocycles. The van der Waals surface area contributed by atoms with Crippen molar-refractivity contribution in [2.45, 2.75) is 32.4 Å². The SMILES string of the molecule is Cc1ccc(CNC(=O)c2ccc3nnc(C4CCN(Cc5ccccc5)C4)n3c2)o1. The van der Waals surface area contributed by atoms with Gasteiger partial charge in [-0.25, -0.2) is 0 Å². The molecule has 0 spiro atoms. The predicted molar refractivity (Wildman–Crippen MR) is 117 cm³/mol. The summed E-state index contributed by atoms with van der Waals surface area (Å²) in [5.74, 6) is 2.64. The van der Waals surface area contributed by atoms with Crippen LogP contribution in [0.15, 0.2) is 65.2 Å². The van der Waals surface area contributed by atoms with Gasteiger partial charge in [-0.1, -0.05) is 30.3 Å². The number of likely N-dealkylation sites (tertiary alicyclic amines) is 1. The fraction of sp³-hybridized carbons (Fsp3) is 0.292. The van der Waals surface area contributed by atoms with Gasteiger partial charge in [-0.3, -0.25) is 14.1 Å². The summed E-state index contributed by atoms with van der Waals surface area (Å²) in [6, 6.07) is 17.9. The smallest absolute Gasteiger partial charge is 0.253 e. The van der Waals surface area contributed by atoms with Crippen molar-refractivity contribution in [2.24, 2.45) is 0 Å². The van der Waals surface area contributed by atoms with Gasteiger partial charge in [0.05, 0.1) is 12.1 Å². The maximum absolute atomic E-state index is 12.7. The van der Waals surface area contributed by atoms with E-state index in [0.717, 1.165) is 49.0 Å². The Morgan fingerprint density at radius 3 is 2.81 bits per heavy atom. The molecule has 3 aromatic heterocycles. The number of fused-ring (bicyclic) bond motifs is 1. The van der Waals surface area contributed by atoms with E-state index in [1.54, 1.807) is 6.07 Å². The van der Waals surface area contributed by atoms with Crippen LogP contribution in [0, 0.1) is 6.92 Å². The van der Waals surface area contributed by atoms with Gasteiger partial charge in [0.15, 0.2) is 5.65 Å². The molecule has 0 bridgehead atoms. The van der Waals surface area contributed by atoms with Gasteiger partial charge in [0.25, 0.3) is 5.91 Å². The highest BCUT2D eigenvalue weighted by molar-refractivity contribution is 5.94. The maximum atomic E-state index is 12.7. The van der Waals surface area contributed by atoms with Gasteiger partial charge in [0.2, 0.25) is 0 Å². The second-order valence-electron chi connectivity index (χ2n) is 8.11. The average Bonchev–Trinajstić information content (AvgIpc) is 3.52. The fourth-order valence-electron chi connectivity index (χ4n) is 4.20. The van der Waals surface area contributed by atoms with Gasteiger partial charge in [0.1, 0.15) is 17.3 Å². The number of nitrogens with zero attached hydrogens (tertiary/aromatic N) is 4. The zero-order valence-electron chi connectivity index (χ0n) is 17.5. The Balaban J connectivity index is 1.29. The molecule has 1 saturated heterocycles. The lowest BCUT2D eigenvalue weighted by atomic mass is 10.1. The third kappa shape index (κ3) is 4.22. The number of aryl methyl sites for hydroxylation is 1. The lowest BCUT2D eigenvalue weighted by Crippen LogP contribution is -2.23. The van der Waals surface area contributed by atoms with Crippen LogP contribution in [-0.4, -0.2) is 38.5 Å². The molecule has 0 radical (unpaired) electrons. The molecular weight excluding hydrogens is 390 g/mol. The Hall–Kier alpha value is -3.45. The van der Waals surface area contributed by atoms with Crippen LogP contribution in [0.25, 0.3) is 5.65 Å². The van der Waals surface area contributed by atoms with Gasteiger partial charge in [-0.2, -0.15) is 0 Å². The Labute approximate surface area is 180 Å². The number of carbonyl (C=O) groups is 1. The van der Waals surface area contributed by atoms with E-state index in [1.807, 2.05) is 41.8 Å². The van der Waals surface area contributed by atoms with Crippen LogP contribution >= 0.6 is 0 Å². The first kappa shape index (κ1) is 19.5. The fourth-order valence-corrected chi connectivity index (χ4v) is 4.20. The molecule has 7 nitrogen and oxygen atoms in total. The van der Waals surface area contributed by atoms with Crippen molar-refractivity contribution in [3.05, 3.63) is 89.3 Å². The third-order valence-electron chi connectivity index (χ3n) is 5.80. The Bertz CT molecular complexity index is 1200. The second kappa shape index (κ2) is 8.35. The van der Waals surface area contributed by atoms with Gasteiger partial charge in [0, 0.05) is 25.2 Å². The number of aromatic nitrogens is 3. The number of hydrogen-bond donors (Lipinski definition) is 1. The summed E-state index contributed by atoms with van der Waals surface area (Å²) in [6.45, 7) is 5.14. The summed E-state index contributed by atoms with van der Waals surface area (Å²) in [4.78, 5) is 15.1. The molecule has 1 aliphatic rings. The molecule has 1 N–H and O–H groups in total. The minimum absolute atomic E-state index is 0.146. The largest absolute Gasteiger partial charge is 0.465 e. The Morgan fingerprint density at radius 1 is 1.13 bits per heavy atom. The van der Waals surface area contributed by atoms with Crippen molar-refractivity contribution in [3.63, 3.8) is 0 Å². The summed E-state index contributed by atoms with van der Waals surface area (Å²) in [5.41, 5.74) is 2.66. The van der Waals surface area contributed by atoms with Crippen molar-refractivity contribution >= 4 is 11.6 Å². The highest BCUT2D eigenvalue weighted by Gasteiger charge is 2.27. The van der Waals surface area contributed by atoms with Crippen LogP contribution in [-0.2, 0) is 13.1 Å². The number of pyridine rings is 1. The Morgan fingerprint density at radius 2 is 2.00 bits per heavy atom. The van der Waals surface area contributed by atoms with E-state index in [9.17, 15) is 4.79 Å². The molecule has 158 valence electrons. The normalized spacial score (nSPS) is 16.7. The number of carbonyl (C=O) groups excluding carboxylic acids is 1. The van der Waals surface area contributed by atoms with Crippen LogP contribution in [0.4, 0.5) is 0 Å².